The van der Waals surface area contributed by atoms with E-state index in [0.717, 1.165) is 12.1 Å². The Morgan fingerprint density at radius 1 is 1.41 bits per heavy atom. The number of halogens is 1. The highest BCUT2D eigenvalue weighted by Gasteiger charge is 2.40. The van der Waals surface area contributed by atoms with Crippen molar-refractivity contribution >= 4 is 30.2 Å². The highest BCUT2D eigenvalue weighted by Crippen LogP contribution is 2.43. The maximum atomic E-state index is 12.8. The van der Waals surface area contributed by atoms with Gasteiger partial charge in [0, 0.05) is 18.3 Å². The van der Waals surface area contributed by atoms with E-state index < -0.39 is 8.32 Å². The Bertz CT molecular complexity index is 770. The average molecular weight is 459 g/mol. The van der Waals surface area contributed by atoms with E-state index in [9.17, 15) is 9.59 Å². The van der Waals surface area contributed by atoms with Gasteiger partial charge in [-0.1, -0.05) is 36.7 Å². The number of amides is 1. The molecule has 27 heavy (non-hydrogen) atoms. The minimum absolute atomic E-state index is 0.00250. The van der Waals surface area contributed by atoms with E-state index >= 15 is 0 Å². The first kappa shape index (κ1) is 22.2. The summed E-state index contributed by atoms with van der Waals surface area (Å²) in [5.41, 5.74) is 0.805. The molecule has 152 valence electrons. The van der Waals surface area contributed by atoms with Crippen molar-refractivity contribution in [3.8, 4) is 5.75 Å². The van der Waals surface area contributed by atoms with Gasteiger partial charge in [0.15, 0.2) is 19.8 Å². The molecule has 1 aliphatic rings. The van der Waals surface area contributed by atoms with Crippen LogP contribution in [0.4, 0.5) is 0 Å². The second-order valence-corrected chi connectivity index (χ2v) is 14.4. The normalized spacial score (nSPS) is 19.7. The third-order valence-corrected chi connectivity index (χ3v) is 10.9. The molecule has 0 bridgehead atoms. The van der Waals surface area contributed by atoms with Gasteiger partial charge in [-0.15, -0.1) is 0 Å². The number of fused-ring (bicyclic) bond motifs is 1. The van der Waals surface area contributed by atoms with E-state index in [1.54, 1.807) is 6.07 Å². The topological polar surface area (TPSA) is 69.6 Å². The van der Waals surface area contributed by atoms with E-state index in [4.69, 9.17) is 9.16 Å². The van der Waals surface area contributed by atoms with Gasteiger partial charge in [0.2, 0.25) is 5.43 Å². The molecule has 0 saturated heterocycles. The maximum Gasteiger partial charge on any atom is 0.271 e. The Kier molecular flexibility index (Phi) is 6.64. The zero-order valence-electron chi connectivity index (χ0n) is 17.3. The predicted octanol–water partition coefficient (Wildman–Crippen LogP) is 4.01. The van der Waals surface area contributed by atoms with E-state index in [-0.39, 0.29) is 38.7 Å². The lowest BCUT2D eigenvalue weighted by molar-refractivity contribution is 0.0937. The molecule has 2 rings (SSSR count). The van der Waals surface area contributed by atoms with Gasteiger partial charge >= 0.3 is 0 Å². The van der Waals surface area contributed by atoms with Gasteiger partial charge in [0.05, 0.1) is 24.6 Å². The first-order valence-electron chi connectivity index (χ1n) is 9.34. The van der Waals surface area contributed by atoms with Gasteiger partial charge in [0.1, 0.15) is 0 Å². The highest BCUT2D eigenvalue weighted by molar-refractivity contribution is 9.09. The standard InChI is InChI=1S/C19H31BrN2O4Si/c1-8-21-18(24)16-17(25-5)15(23)10-14-13(20)9-12(22(14)16)11-26-27(6,7)19(2,3)4/h10,12-13H,8-9,11H2,1-7H3,(H,21,24)/t12-,13-/m0/s1. The third-order valence-electron chi connectivity index (χ3n) is 5.60. The van der Waals surface area contributed by atoms with Crippen LogP contribution in [0.2, 0.25) is 18.1 Å². The molecule has 0 radical (unpaired) electrons. The number of hydrogen-bond donors (Lipinski definition) is 1. The number of methoxy groups -OCH3 is 1. The Hall–Kier alpha value is -1.12. The molecule has 0 fully saturated rings. The van der Waals surface area contributed by atoms with E-state index in [1.165, 1.54) is 7.11 Å². The van der Waals surface area contributed by atoms with Crippen molar-refractivity contribution in [1.82, 2.24) is 9.88 Å². The Morgan fingerprint density at radius 2 is 2.04 bits per heavy atom. The van der Waals surface area contributed by atoms with E-state index in [0.29, 0.717) is 13.2 Å². The van der Waals surface area contributed by atoms with Gasteiger partial charge in [0.25, 0.3) is 5.91 Å². The number of rotatable bonds is 6. The molecular formula is C19H31BrN2O4Si. The van der Waals surface area contributed by atoms with Crippen LogP contribution in [0.1, 0.15) is 61.2 Å². The van der Waals surface area contributed by atoms with E-state index in [1.807, 2.05) is 11.5 Å². The molecule has 0 aliphatic carbocycles. The molecular weight excluding hydrogens is 428 g/mol. The fourth-order valence-electron chi connectivity index (χ4n) is 3.04. The van der Waals surface area contributed by atoms with Crippen molar-refractivity contribution in [3.63, 3.8) is 0 Å². The summed E-state index contributed by atoms with van der Waals surface area (Å²) in [5, 5.41) is 2.90. The van der Waals surface area contributed by atoms with Crippen LogP contribution in [0.5, 0.6) is 5.75 Å². The number of alkyl halides is 1. The Labute approximate surface area is 170 Å². The first-order chi connectivity index (χ1) is 12.4. The first-order valence-corrected chi connectivity index (χ1v) is 13.2. The molecule has 1 N–H and O–H groups in total. The molecule has 0 spiro atoms. The van der Waals surface area contributed by atoms with Crippen LogP contribution in [-0.4, -0.2) is 39.1 Å². The summed E-state index contributed by atoms with van der Waals surface area (Å²) in [5.74, 6) is -0.212. The number of hydrogen-bond acceptors (Lipinski definition) is 4. The van der Waals surface area contributed by atoms with Gasteiger partial charge in [-0.2, -0.15) is 0 Å². The number of carbonyl (C=O) groups is 1. The smallest absolute Gasteiger partial charge is 0.271 e. The Balaban J connectivity index is 2.49. The van der Waals surface area contributed by atoms with Crippen molar-refractivity contribution in [1.29, 1.82) is 0 Å². The van der Waals surface area contributed by atoms with Crippen LogP contribution >= 0.6 is 15.9 Å². The largest absolute Gasteiger partial charge is 0.491 e. The summed E-state index contributed by atoms with van der Waals surface area (Å²) in [6.07, 6.45) is 0.758. The molecule has 1 aromatic heterocycles. The number of carbonyl (C=O) groups excluding carboxylic acids is 1. The average Bonchev–Trinajstić information content (AvgIpc) is 2.86. The SMILES string of the molecule is CCNC(=O)c1c(OC)c(=O)cc2n1[C@H](CO[Si](C)(C)C(C)(C)C)C[C@@H]2Br. The van der Waals surface area contributed by atoms with E-state index in [2.05, 4.69) is 55.1 Å². The lowest BCUT2D eigenvalue weighted by atomic mass is 10.2. The van der Waals surface area contributed by atoms with Gasteiger partial charge in [-0.05, 0) is 31.5 Å². The lowest BCUT2D eigenvalue weighted by Crippen LogP contribution is -2.42. The van der Waals surface area contributed by atoms with Crippen molar-refractivity contribution < 1.29 is 14.0 Å². The van der Waals surface area contributed by atoms with Crippen LogP contribution in [0.15, 0.2) is 10.9 Å². The number of nitrogens with one attached hydrogen (secondary N) is 1. The monoisotopic (exact) mass is 458 g/mol. The van der Waals surface area contributed by atoms with Crippen molar-refractivity contribution in [2.45, 2.75) is 63.1 Å². The summed E-state index contributed by atoms with van der Waals surface area (Å²) in [4.78, 5) is 25.2. The van der Waals surface area contributed by atoms with Crippen LogP contribution in [0, 0.1) is 0 Å². The summed E-state index contributed by atoms with van der Waals surface area (Å²) >= 11 is 3.66. The third kappa shape index (κ3) is 4.32. The molecule has 6 nitrogen and oxygen atoms in total. The fourth-order valence-corrected chi connectivity index (χ4v) is 4.87. The summed E-state index contributed by atoms with van der Waals surface area (Å²) in [6, 6.07) is 1.53. The van der Waals surface area contributed by atoms with Crippen LogP contribution in [-0.2, 0) is 4.43 Å². The number of nitrogens with zero attached hydrogens (tertiary/aromatic N) is 1. The molecule has 0 unspecified atom stereocenters. The molecule has 0 saturated carbocycles. The highest BCUT2D eigenvalue weighted by atomic mass is 79.9. The summed E-state index contributed by atoms with van der Waals surface area (Å²) < 4.78 is 13.7. The zero-order valence-corrected chi connectivity index (χ0v) is 19.9. The van der Waals surface area contributed by atoms with Crippen LogP contribution in [0.3, 0.4) is 0 Å². The van der Waals surface area contributed by atoms with Crippen molar-refractivity contribution in [3.05, 3.63) is 27.7 Å². The number of aromatic nitrogens is 1. The molecule has 0 aromatic carbocycles. The molecule has 1 aromatic rings. The van der Waals surface area contributed by atoms with Gasteiger partial charge < -0.3 is 19.0 Å². The zero-order chi connectivity index (χ0) is 20.6. The minimum atomic E-state index is -1.93. The molecule has 1 amide bonds. The van der Waals surface area contributed by atoms with Crippen molar-refractivity contribution in [2.24, 2.45) is 0 Å². The van der Waals surface area contributed by atoms with Crippen LogP contribution < -0.4 is 15.5 Å². The second-order valence-electron chi connectivity index (χ2n) is 8.47. The number of ether oxygens (including phenoxy) is 1. The van der Waals surface area contributed by atoms with Gasteiger partial charge in [-0.25, -0.2) is 0 Å². The van der Waals surface area contributed by atoms with Crippen LogP contribution in [0.25, 0.3) is 0 Å². The molecule has 2 heterocycles. The molecule has 2 atom stereocenters. The van der Waals surface area contributed by atoms with Crippen molar-refractivity contribution in [2.75, 3.05) is 20.3 Å². The maximum absolute atomic E-state index is 12.8. The predicted molar refractivity (Wildman–Crippen MR) is 114 cm³/mol. The molecule has 1 aliphatic heterocycles. The Morgan fingerprint density at radius 3 is 2.56 bits per heavy atom. The van der Waals surface area contributed by atoms with Gasteiger partial charge in [-0.3, -0.25) is 9.59 Å². The molecule has 8 heteroatoms. The summed E-state index contributed by atoms with van der Waals surface area (Å²) in [6.45, 7) is 13.9. The number of pyridine rings is 1. The minimum Gasteiger partial charge on any atom is -0.491 e. The second kappa shape index (κ2) is 8.09. The fraction of sp³-hybridized carbons (Fsp3) is 0.684. The summed E-state index contributed by atoms with van der Waals surface area (Å²) in [7, 11) is -0.506. The quantitative estimate of drug-likeness (QED) is 0.516. The lowest BCUT2D eigenvalue weighted by Gasteiger charge is -2.37.